The van der Waals surface area contributed by atoms with Gasteiger partial charge in [0.25, 0.3) is 0 Å². The van der Waals surface area contributed by atoms with Crippen molar-refractivity contribution in [3.05, 3.63) is 102 Å². The van der Waals surface area contributed by atoms with Gasteiger partial charge in [-0.05, 0) is 0 Å². The summed E-state index contributed by atoms with van der Waals surface area (Å²) in [5.41, 5.74) is 0.799. The molecule has 1 heterocycles. The molecule has 0 saturated heterocycles. The molecule has 4 rings (SSSR count). The summed E-state index contributed by atoms with van der Waals surface area (Å²) in [6.45, 7) is 0. The van der Waals surface area contributed by atoms with E-state index in [1.165, 1.54) is 11.6 Å². The second-order valence-corrected chi connectivity index (χ2v) is 9.39. The predicted octanol–water partition coefficient (Wildman–Crippen LogP) is 3.43. The van der Waals surface area contributed by atoms with Gasteiger partial charge in [0.1, 0.15) is 0 Å². The average molecular weight is 464 g/mol. The van der Waals surface area contributed by atoms with E-state index in [4.69, 9.17) is 14.5 Å². The monoisotopic (exact) mass is 465 g/mol. The van der Waals surface area contributed by atoms with E-state index in [0.717, 1.165) is 16.4 Å². The van der Waals surface area contributed by atoms with Crippen LogP contribution in [0.2, 0.25) is 5.32 Å². The van der Waals surface area contributed by atoms with Gasteiger partial charge in [0.05, 0.1) is 0 Å². The summed E-state index contributed by atoms with van der Waals surface area (Å²) in [7, 11) is 1.42. The summed E-state index contributed by atoms with van der Waals surface area (Å²) < 4.78 is 12.9. The molecule has 5 heteroatoms. The fraction of sp³-hybridized carbons (Fsp3) is 0.200. The number of methoxy groups -OCH3 is 1. The quantitative estimate of drug-likeness (QED) is 0.398. The average Bonchev–Trinajstić information content (AvgIpc) is 3.18. The molecular formula is C25H23NO3Se. The van der Waals surface area contributed by atoms with Crippen LogP contribution in [0.1, 0.15) is 11.1 Å². The third-order valence-corrected chi connectivity index (χ3v) is 7.36. The van der Waals surface area contributed by atoms with Crippen LogP contribution >= 0.6 is 0 Å². The summed E-state index contributed by atoms with van der Waals surface area (Å²) in [6, 6.07) is 30.0. The third kappa shape index (κ3) is 4.33. The van der Waals surface area contributed by atoms with E-state index in [9.17, 15) is 4.79 Å². The normalized spacial score (nSPS) is 20.3. The van der Waals surface area contributed by atoms with Gasteiger partial charge < -0.3 is 0 Å². The molecule has 0 saturated carbocycles. The molecule has 3 aromatic carbocycles. The van der Waals surface area contributed by atoms with Gasteiger partial charge in [-0.1, -0.05) is 0 Å². The maximum atomic E-state index is 13.1. The number of carbonyl (C=O) groups is 1. The summed E-state index contributed by atoms with van der Waals surface area (Å²) in [5.74, 6) is 0.150. The Morgan fingerprint density at radius 1 is 0.967 bits per heavy atom. The van der Waals surface area contributed by atoms with Gasteiger partial charge in [-0.25, -0.2) is 0 Å². The maximum absolute atomic E-state index is 13.1. The van der Waals surface area contributed by atoms with Crippen LogP contribution in [0, 0.1) is 0 Å². The predicted molar refractivity (Wildman–Crippen MR) is 119 cm³/mol. The number of benzene rings is 3. The molecule has 0 spiro atoms. The zero-order valence-corrected chi connectivity index (χ0v) is 18.4. The number of aliphatic imine (C=N–C) groups is 1. The standard InChI is InChI=1S/C25H23NO3Se/c1-28-24(27)25(17-19-11-5-2-6-12-19)22(18-30-21-15-9-4-10-16-21)29-23(26-25)20-13-7-3-8-14-20/h2-16,22H,17-18H2,1H3/t22-,25-/m0/s1. The van der Waals surface area contributed by atoms with Crippen LogP contribution in [0.15, 0.2) is 96.0 Å². The van der Waals surface area contributed by atoms with E-state index in [-0.39, 0.29) is 27.0 Å². The van der Waals surface area contributed by atoms with Gasteiger partial charge in [-0.3, -0.25) is 0 Å². The van der Waals surface area contributed by atoms with Gasteiger partial charge in [-0.15, -0.1) is 0 Å². The Bertz CT molecular complexity index is 1010. The molecule has 0 amide bonds. The van der Waals surface area contributed by atoms with E-state index in [2.05, 4.69) is 12.1 Å². The molecule has 4 nitrogen and oxygen atoms in total. The topological polar surface area (TPSA) is 47.9 Å². The van der Waals surface area contributed by atoms with Crippen molar-refractivity contribution >= 4 is 31.3 Å². The zero-order chi connectivity index (χ0) is 20.8. The molecule has 0 unspecified atom stereocenters. The van der Waals surface area contributed by atoms with Crippen molar-refractivity contribution in [1.82, 2.24) is 0 Å². The first kappa shape index (κ1) is 20.4. The molecule has 0 bridgehead atoms. The molecule has 0 aromatic heterocycles. The summed E-state index contributed by atoms with van der Waals surface area (Å²) in [5, 5.41) is 0.721. The van der Waals surface area contributed by atoms with Gasteiger partial charge in [0.2, 0.25) is 0 Å². The molecule has 30 heavy (non-hydrogen) atoms. The Morgan fingerprint density at radius 3 is 2.20 bits per heavy atom. The molecular weight excluding hydrogens is 441 g/mol. The Labute approximate surface area is 183 Å². The van der Waals surface area contributed by atoms with Gasteiger partial charge in [0, 0.05) is 0 Å². The molecule has 0 N–H and O–H groups in total. The molecule has 1 aliphatic rings. The molecule has 152 valence electrons. The van der Waals surface area contributed by atoms with Crippen LogP contribution in [0.3, 0.4) is 0 Å². The molecule has 3 aromatic rings. The van der Waals surface area contributed by atoms with Crippen molar-refractivity contribution in [2.24, 2.45) is 4.99 Å². The van der Waals surface area contributed by atoms with E-state index in [1.54, 1.807) is 0 Å². The summed E-state index contributed by atoms with van der Waals surface area (Å²) >= 11 is 0.142. The minimum absolute atomic E-state index is 0.142. The molecule has 0 fully saturated rings. The van der Waals surface area contributed by atoms with Crippen molar-refractivity contribution in [3.63, 3.8) is 0 Å². The fourth-order valence-corrected chi connectivity index (χ4v) is 5.75. The second kappa shape index (κ2) is 9.29. The summed E-state index contributed by atoms with van der Waals surface area (Å²) in [4.78, 5) is 18.0. The molecule has 2 atom stereocenters. The number of rotatable bonds is 7. The summed E-state index contributed by atoms with van der Waals surface area (Å²) in [6.07, 6.45) is 0.0485. The van der Waals surface area contributed by atoms with Crippen molar-refractivity contribution < 1.29 is 14.3 Å². The van der Waals surface area contributed by atoms with Crippen LogP contribution in [-0.2, 0) is 20.7 Å². The van der Waals surface area contributed by atoms with Crippen LogP contribution in [0.25, 0.3) is 0 Å². The van der Waals surface area contributed by atoms with Crippen molar-refractivity contribution in [2.45, 2.75) is 23.4 Å². The van der Waals surface area contributed by atoms with E-state index in [1.807, 2.05) is 78.9 Å². The van der Waals surface area contributed by atoms with Crippen molar-refractivity contribution in [2.75, 3.05) is 7.11 Å². The van der Waals surface area contributed by atoms with E-state index < -0.39 is 5.54 Å². The van der Waals surface area contributed by atoms with Crippen LogP contribution in [0.4, 0.5) is 0 Å². The fourth-order valence-electron chi connectivity index (χ4n) is 3.57. The van der Waals surface area contributed by atoms with Gasteiger partial charge in [-0.2, -0.15) is 0 Å². The third-order valence-electron chi connectivity index (χ3n) is 5.11. The number of esters is 1. The van der Waals surface area contributed by atoms with Crippen molar-refractivity contribution in [1.29, 1.82) is 0 Å². The van der Waals surface area contributed by atoms with Gasteiger partial charge in [0.15, 0.2) is 0 Å². The Hall–Kier alpha value is -2.88. The number of hydrogen-bond donors (Lipinski definition) is 0. The second-order valence-electron chi connectivity index (χ2n) is 7.09. The van der Waals surface area contributed by atoms with Gasteiger partial charge >= 0.3 is 183 Å². The Morgan fingerprint density at radius 2 is 1.57 bits per heavy atom. The number of nitrogens with zero attached hydrogens (tertiary/aromatic N) is 1. The van der Waals surface area contributed by atoms with Crippen molar-refractivity contribution in [3.8, 4) is 0 Å². The first-order chi connectivity index (χ1) is 14.7. The van der Waals surface area contributed by atoms with Crippen LogP contribution < -0.4 is 4.46 Å². The van der Waals surface area contributed by atoms with E-state index >= 15 is 0 Å². The Kier molecular flexibility index (Phi) is 6.32. The first-order valence-corrected chi connectivity index (χ1v) is 11.9. The van der Waals surface area contributed by atoms with E-state index in [0.29, 0.717) is 12.3 Å². The molecule has 0 radical (unpaired) electrons. The molecule has 1 aliphatic heterocycles. The number of hydrogen-bond acceptors (Lipinski definition) is 4. The first-order valence-electron chi connectivity index (χ1n) is 9.83. The van der Waals surface area contributed by atoms with Crippen LogP contribution in [-0.4, -0.2) is 45.6 Å². The number of carbonyl (C=O) groups excluding carboxylic acids is 1. The number of ether oxygens (including phenoxy) is 2. The minimum atomic E-state index is -1.10. The molecule has 0 aliphatic carbocycles. The Balaban J connectivity index is 1.71. The van der Waals surface area contributed by atoms with Crippen LogP contribution in [0.5, 0.6) is 0 Å². The zero-order valence-electron chi connectivity index (χ0n) is 16.7. The SMILES string of the molecule is COC(=O)[C@@]1(Cc2ccccc2)N=C(c2ccccc2)O[C@H]1C[Se]c1ccccc1.